The molecule has 3 nitrogen and oxygen atoms in total. The second kappa shape index (κ2) is 6.18. The molecule has 0 aliphatic heterocycles. The molecule has 0 radical (unpaired) electrons. The van der Waals surface area contributed by atoms with Gasteiger partial charge in [-0.1, -0.05) is 38.4 Å². The largest absolute Gasteiger partial charge is 0.330 e. The van der Waals surface area contributed by atoms with Gasteiger partial charge >= 0.3 is 0 Å². The van der Waals surface area contributed by atoms with Gasteiger partial charge in [-0.15, -0.1) is 6.58 Å². The number of nitrogens with zero attached hydrogens (tertiary/aromatic N) is 2. The maximum atomic E-state index is 12.8. The highest BCUT2D eigenvalue weighted by atomic mass is 35.5. The Morgan fingerprint density at radius 3 is 2.29 bits per heavy atom. The lowest BCUT2D eigenvalue weighted by molar-refractivity contribution is 0.0616. The van der Waals surface area contributed by atoms with Crippen LogP contribution in [0.4, 0.5) is 0 Å². The number of halogens is 1. The number of rotatable bonds is 3. The Kier molecular flexibility index (Phi) is 5.21. The highest BCUT2D eigenvalue weighted by Gasteiger charge is 2.28. The first kappa shape index (κ1) is 17.7. The molecule has 0 aliphatic carbocycles. The van der Waals surface area contributed by atoms with Crippen molar-refractivity contribution in [1.82, 2.24) is 9.88 Å². The number of hydrogen-bond donors (Lipinski definition) is 0. The third-order valence-electron chi connectivity index (χ3n) is 3.18. The Morgan fingerprint density at radius 2 is 1.86 bits per heavy atom. The Balaban J connectivity index is 3.29. The molecule has 1 heterocycles. The normalized spacial score (nSPS) is 12.1. The van der Waals surface area contributed by atoms with E-state index >= 15 is 0 Å². The molecule has 116 valence electrons. The molecule has 0 aromatic carbocycles. The zero-order valence-electron chi connectivity index (χ0n) is 13.8. The second-order valence-corrected chi connectivity index (χ2v) is 7.58. The third kappa shape index (κ3) is 4.57. The van der Waals surface area contributed by atoms with Gasteiger partial charge in [0.15, 0.2) is 0 Å². The summed E-state index contributed by atoms with van der Waals surface area (Å²) in [4.78, 5) is 18.9. The van der Waals surface area contributed by atoms with Crippen LogP contribution < -0.4 is 0 Å². The summed E-state index contributed by atoms with van der Waals surface area (Å²) < 4.78 is 0. The van der Waals surface area contributed by atoms with Crippen LogP contribution in [-0.4, -0.2) is 27.9 Å². The van der Waals surface area contributed by atoms with Crippen LogP contribution in [0.15, 0.2) is 24.8 Å². The lowest BCUT2D eigenvalue weighted by Crippen LogP contribution is -2.45. The summed E-state index contributed by atoms with van der Waals surface area (Å²) in [7, 11) is 0. The van der Waals surface area contributed by atoms with E-state index < -0.39 is 0 Å². The summed E-state index contributed by atoms with van der Waals surface area (Å²) in [6.07, 6.45) is 1.73. The van der Waals surface area contributed by atoms with Gasteiger partial charge in [0.05, 0.1) is 0 Å². The van der Waals surface area contributed by atoms with Crippen molar-refractivity contribution in [2.75, 3.05) is 6.54 Å². The van der Waals surface area contributed by atoms with Gasteiger partial charge in [0.2, 0.25) is 0 Å². The predicted octanol–water partition coefficient (Wildman–Crippen LogP) is 4.46. The van der Waals surface area contributed by atoms with E-state index in [9.17, 15) is 4.79 Å². The van der Waals surface area contributed by atoms with Crippen LogP contribution >= 0.6 is 11.6 Å². The SMILES string of the molecule is C=CCN(C(=O)c1cc(Cl)nc(C(C)(C)C)c1)C(C)(C)C. The summed E-state index contributed by atoms with van der Waals surface area (Å²) in [5.74, 6) is -0.0581. The monoisotopic (exact) mass is 308 g/mol. The van der Waals surface area contributed by atoms with Gasteiger partial charge in [0, 0.05) is 28.8 Å². The molecule has 0 unspecified atom stereocenters. The fourth-order valence-electron chi connectivity index (χ4n) is 1.95. The average molecular weight is 309 g/mol. The minimum Gasteiger partial charge on any atom is -0.330 e. The minimum atomic E-state index is -0.289. The fourth-order valence-corrected chi connectivity index (χ4v) is 2.16. The lowest BCUT2D eigenvalue weighted by atomic mass is 9.90. The Bertz CT molecular complexity index is 539. The maximum absolute atomic E-state index is 12.8. The van der Waals surface area contributed by atoms with Crippen molar-refractivity contribution < 1.29 is 4.79 Å². The summed E-state index contributed by atoms with van der Waals surface area (Å²) in [6.45, 7) is 16.4. The second-order valence-electron chi connectivity index (χ2n) is 7.19. The van der Waals surface area contributed by atoms with E-state index in [1.54, 1.807) is 17.0 Å². The van der Waals surface area contributed by atoms with Crippen LogP contribution in [0.3, 0.4) is 0 Å². The third-order valence-corrected chi connectivity index (χ3v) is 3.37. The van der Waals surface area contributed by atoms with Crippen molar-refractivity contribution in [2.45, 2.75) is 52.5 Å². The molecule has 0 atom stereocenters. The quantitative estimate of drug-likeness (QED) is 0.610. The zero-order valence-corrected chi connectivity index (χ0v) is 14.6. The lowest BCUT2D eigenvalue weighted by Gasteiger charge is -2.35. The molecule has 1 amide bonds. The first-order valence-corrected chi connectivity index (χ1v) is 7.45. The predicted molar refractivity (Wildman–Crippen MR) is 88.9 cm³/mol. The first-order chi connectivity index (χ1) is 9.46. The van der Waals surface area contributed by atoms with Crippen LogP contribution in [0.25, 0.3) is 0 Å². The molecule has 1 aromatic rings. The number of pyridine rings is 1. The van der Waals surface area contributed by atoms with Crippen LogP contribution in [-0.2, 0) is 5.41 Å². The van der Waals surface area contributed by atoms with E-state index in [1.165, 1.54) is 0 Å². The van der Waals surface area contributed by atoms with Crippen molar-refractivity contribution in [3.63, 3.8) is 0 Å². The maximum Gasteiger partial charge on any atom is 0.254 e. The summed E-state index contributed by atoms with van der Waals surface area (Å²) in [5, 5.41) is 0.346. The van der Waals surface area contributed by atoms with Crippen LogP contribution in [0.1, 0.15) is 57.6 Å². The van der Waals surface area contributed by atoms with E-state index in [0.717, 1.165) is 5.69 Å². The topological polar surface area (TPSA) is 33.2 Å². The number of aromatic nitrogens is 1. The summed E-state index contributed by atoms with van der Waals surface area (Å²) in [6, 6.07) is 3.46. The molecule has 0 fully saturated rings. The number of carbonyl (C=O) groups is 1. The molecule has 1 aromatic heterocycles. The molecule has 0 saturated carbocycles. The van der Waals surface area contributed by atoms with Gasteiger partial charge in [-0.05, 0) is 32.9 Å². The summed E-state index contributed by atoms with van der Waals surface area (Å²) >= 11 is 6.09. The van der Waals surface area contributed by atoms with Gasteiger partial charge < -0.3 is 4.90 Å². The summed E-state index contributed by atoms with van der Waals surface area (Å²) in [5.41, 5.74) is 0.927. The smallest absolute Gasteiger partial charge is 0.254 e. The van der Waals surface area contributed by atoms with Crippen LogP contribution in [0.5, 0.6) is 0 Å². The average Bonchev–Trinajstić information content (AvgIpc) is 2.32. The van der Waals surface area contributed by atoms with E-state index in [0.29, 0.717) is 17.3 Å². The Labute approximate surface area is 133 Å². The van der Waals surface area contributed by atoms with Crippen molar-refractivity contribution in [3.8, 4) is 0 Å². The molecule has 21 heavy (non-hydrogen) atoms. The van der Waals surface area contributed by atoms with Gasteiger partial charge in [0.1, 0.15) is 5.15 Å². The molecule has 0 N–H and O–H groups in total. The minimum absolute atomic E-state index is 0.0581. The molecule has 0 bridgehead atoms. The number of carbonyl (C=O) groups excluding carboxylic acids is 1. The molecular formula is C17H25ClN2O. The molecule has 4 heteroatoms. The molecule has 1 rings (SSSR count). The van der Waals surface area contributed by atoms with Crippen LogP contribution in [0.2, 0.25) is 5.15 Å². The van der Waals surface area contributed by atoms with E-state index in [4.69, 9.17) is 11.6 Å². The van der Waals surface area contributed by atoms with Gasteiger partial charge in [-0.25, -0.2) is 4.98 Å². The standard InChI is InChI=1S/C17H25ClN2O/c1-8-9-20(17(5,6)7)15(21)12-10-13(16(2,3)4)19-14(18)11-12/h8,10-11H,1,9H2,2-7H3. The van der Waals surface area contributed by atoms with Gasteiger partial charge in [-0.2, -0.15) is 0 Å². The van der Waals surface area contributed by atoms with Crippen molar-refractivity contribution in [1.29, 1.82) is 0 Å². The van der Waals surface area contributed by atoms with Gasteiger partial charge in [-0.3, -0.25) is 4.79 Å². The number of amides is 1. The van der Waals surface area contributed by atoms with E-state index in [1.807, 2.05) is 47.6 Å². The first-order valence-electron chi connectivity index (χ1n) is 7.07. The van der Waals surface area contributed by atoms with E-state index in [-0.39, 0.29) is 16.9 Å². The Hall–Kier alpha value is -1.35. The fraction of sp³-hybridized carbons (Fsp3) is 0.529. The highest BCUT2D eigenvalue weighted by molar-refractivity contribution is 6.29. The highest BCUT2D eigenvalue weighted by Crippen LogP contribution is 2.25. The molecular weight excluding hydrogens is 284 g/mol. The zero-order chi connectivity index (χ0) is 16.4. The van der Waals surface area contributed by atoms with Crippen molar-refractivity contribution in [3.05, 3.63) is 41.2 Å². The van der Waals surface area contributed by atoms with Gasteiger partial charge in [0.25, 0.3) is 5.91 Å². The molecule has 0 aliphatic rings. The van der Waals surface area contributed by atoms with Crippen molar-refractivity contribution in [2.24, 2.45) is 0 Å². The van der Waals surface area contributed by atoms with Crippen LogP contribution in [0, 0.1) is 0 Å². The van der Waals surface area contributed by atoms with E-state index in [2.05, 4.69) is 11.6 Å². The molecule has 0 spiro atoms. The van der Waals surface area contributed by atoms with Crippen molar-refractivity contribution >= 4 is 17.5 Å². The molecule has 0 saturated heterocycles. The Morgan fingerprint density at radius 1 is 1.29 bits per heavy atom. The number of hydrogen-bond acceptors (Lipinski definition) is 2.